The summed E-state index contributed by atoms with van der Waals surface area (Å²) in [7, 11) is 0. The Morgan fingerprint density at radius 2 is 1.53 bits per heavy atom. The third-order valence-electron chi connectivity index (χ3n) is 12.0. The molecule has 2 saturated heterocycles. The molecule has 244 valence electrons. The lowest BCUT2D eigenvalue weighted by Crippen LogP contribution is -2.46. The number of nitrogens with zero attached hydrogens (tertiary/aromatic N) is 3. The van der Waals surface area contributed by atoms with E-state index >= 15 is 0 Å². The van der Waals surface area contributed by atoms with E-state index in [1.165, 1.54) is 79.8 Å². The number of fused-ring (bicyclic) bond motifs is 7. The second-order valence-corrected chi connectivity index (χ2v) is 14.7. The minimum atomic E-state index is 0.299. The molecule has 4 aliphatic heterocycles. The first kappa shape index (κ1) is 29.1. The maximum Gasteiger partial charge on any atom is 0.100 e. The van der Waals surface area contributed by atoms with E-state index in [4.69, 9.17) is 4.99 Å². The van der Waals surface area contributed by atoms with E-state index in [2.05, 4.69) is 142 Å². The molecule has 4 aliphatic rings. The zero-order valence-electron chi connectivity index (χ0n) is 28.1. The molecular formula is C44H43N5. The number of hydrogen-bond acceptors (Lipinski definition) is 4. The molecule has 49 heavy (non-hydrogen) atoms. The Morgan fingerprint density at radius 1 is 0.714 bits per heavy atom. The molecule has 0 saturated carbocycles. The van der Waals surface area contributed by atoms with Crippen LogP contribution in [0.5, 0.6) is 0 Å². The Kier molecular flexibility index (Phi) is 6.90. The third-order valence-corrected chi connectivity index (χ3v) is 12.0. The van der Waals surface area contributed by atoms with Gasteiger partial charge in [0, 0.05) is 65.3 Å². The van der Waals surface area contributed by atoms with Gasteiger partial charge in [-0.1, -0.05) is 72.8 Å². The molecule has 5 atom stereocenters. The van der Waals surface area contributed by atoms with Crippen molar-refractivity contribution in [3.05, 3.63) is 138 Å². The number of amidine groups is 1. The third kappa shape index (κ3) is 4.66. The van der Waals surface area contributed by atoms with Gasteiger partial charge in [0.1, 0.15) is 5.84 Å². The molecule has 0 amide bonds. The quantitative estimate of drug-likeness (QED) is 0.202. The summed E-state index contributed by atoms with van der Waals surface area (Å²) in [6, 6.07) is 44.1. The van der Waals surface area contributed by atoms with Crippen LogP contribution in [0.2, 0.25) is 0 Å². The molecule has 5 heteroatoms. The number of piperidine rings is 2. The molecule has 0 spiro atoms. The fraction of sp³-hybridized carbons (Fsp3) is 0.295. The van der Waals surface area contributed by atoms with Gasteiger partial charge in [-0.05, 0) is 103 Å². The number of aryl methyl sites for hydroxylation is 1. The molecule has 0 bridgehead atoms. The summed E-state index contributed by atoms with van der Waals surface area (Å²) < 4.78 is 2.50. The maximum absolute atomic E-state index is 4.84. The summed E-state index contributed by atoms with van der Waals surface area (Å²) in [6.45, 7) is 5.25. The van der Waals surface area contributed by atoms with E-state index in [0.717, 1.165) is 32.5 Å². The lowest BCUT2D eigenvalue weighted by molar-refractivity contribution is 0.343. The zero-order chi connectivity index (χ0) is 32.5. The Morgan fingerprint density at radius 3 is 2.43 bits per heavy atom. The highest BCUT2D eigenvalue weighted by atomic mass is 15.2. The van der Waals surface area contributed by atoms with E-state index in [0.29, 0.717) is 29.8 Å². The standard InChI is InChI=1S/C44H43N5/c1-28-24-30(39-26-37-34-12-5-7-15-40(34)48(42(37)27-47-39)31-10-3-2-4-11-31)25-38-35-13-6-8-16-41(35)49(43(28)38)32-19-17-29(18-20-32)33-21-23-46-44-36(33)14-9-22-45-44/h2-8,10-13,15-20,24-25,33,36-37,39,42,47H,9,14,21-23,26-27H2,1H3,(H,45,46). The minimum absolute atomic E-state index is 0.299. The number of nitrogens with one attached hydrogen (secondary N) is 2. The predicted octanol–water partition coefficient (Wildman–Crippen LogP) is 9.32. The van der Waals surface area contributed by atoms with Crippen molar-refractivity contribution in [3.8, 4) is 5.69 Å². The van der Waals surface area contributed by atoms with Crippen LogP contribution in [-0.4, -0.2) is 36.1 Å². The van der Waals surface area contributed by atoms with E-state index in [1.54, 1.807) is 0 Å². The Hall–Kier alpha value is -4.87. The van der Waals surface area contributed by atoms with E-state index in [9.17, 15) is 0 Å². The molecule has 5 heterocycles. The van der Waals surface area contributed by atoms with Gasteiger partial charge in [0.15, 0.2) is 0 Å². The van der Waals surface area contributed by atoms with Crippen LogP contribution in [0.15, 0.2) is 120 Å². The summed E-state index contributed by atoms with van der Waals surface area (Å²) in [6.07, 6.45) is 4.69. The summed E-state index contributed by atoms with van der Waals surface area (Å²) in [5, 5.41) is 10.3. The topological polar surface area (TPSA) is 44.6 Å². The first-order valence-corrected chi connectivity index (χ1v) is 18.3. The number of para-hydroxylation sites is 3. The van der Waals surface area contributed by atoms with Gasteiger partial charge in [-0.3, -0.25) is 4.99 Å². The Bertz CT molecular complexity index is 2210. The number of aromatic nitrogens is 1. The Balaban J connectivity index is 1.00. The molecular weight excluding hydrogens is 599 g/mol. The smallest absolute Gasteiger partial charge is 0.100 e. The Labute approximate surface area is 288 Å². The molecule has 0 aliphatic carbocycles. The van der Waals surface area contributed by atoms with Gasteiger partial charge in [-0.2, -0.15) is 0 Å². The number of aliphatic imine (C=N–C) groups is 1. The van der Waals surface area contributed by atoms with Gasteiger partial charge < -0.3 is 20.1 Å². The van der Waals surface area contributed by atoms with Crippen LogP contribution in [0.4, 0.5) is 11.4 Å². The highest BCUT2D eigenvalue weighted by Crippen LogP contribution is 2.50. The molecule has 10 rings (SSSR count). The van der Waals surface area contributed by atoms with Crippen molar-refractivity contribution in [2.24, 2.45) is 10.9 Å². The minimum Gasteiger partial charge on any atom is -0.374 e. The zero-order valence-corrected chi connectivity index (χ0v) is 28.1. The highest BCUT2D eigenvalue weighted by Gasteiger charge is 2.43. The molecule has 5 unspecified atom stereocenters. The lowest BCUT2D eigenvalue weighted by Gasteiger charge is -2.38. The van der Waals surface area contributed by atoms with E-state index in [-0.39, 0.29) is 0 Å². The van der Waals surface area contributed by atoms with Gasteiger partial charge in [0.2, 0.25) is 0 Å². The van der Waals surface area contributed by atoms with Crippen LogP contribution < -0.4 is 15.5 Å². The summed E-state index contributed by atoms with van der Waals surface area (Å²) in [5.41, 5.74) is 12.1. The fourth-order valence-electron chi connectivity index (χ4n) is 9.84. The van der Waals surface area contributed by atoms with Gasteiger partial charge in [0.25, 0.3) is 0 Å². The highest BCUT2D eigenvalue weighted by molar-refractivity contribution is 6.10. The SMILES string of the molecule is Cc1cc(C2CC3c4ccccc4N(c4ccccc4)C3CN2)cc2c3ccccc3n(-c3ccc(C4CCN=C5NCCCC54)cc3)c12. The molecule has 0 radical (unpaired) electrons. The molecule has 2 fully saturated rings. The van der Waals surface area contributed by atoms with Crippen molar-refractivity contribution >= 4 is 39.0 Å². The number of benzene rings is 5. The second-order valence-electron chi connectivity index (χ2n) is 14.7. The van der Waals surface area contributed by atoms with Crippen molar-refractivity contribution in [2.75, 3.05) is 24.5 Å². The molecule has 5 nitrogen and oxygen atoms in total. The number of rotatable bonds is 4. The predicted molar refractivity (Wildman–Crippen MR) is 203 cm³/mol. The van der Waals surface area contributed by atoms with Crippen molar-refractivity contribution in [2.45, 2.75) is 56.5 Å². The maximum atomic E-state index is 4.84. The average Bonchev–Trinajstić information content (AvgIpc) is 3.68. The summed E-state index contributed by atoms with van der Waals surface area (Å²) in [5.74, 6) is 2.81. The van der Waals surface area contributed by atoms with E-state index in [1.807, 2.05) is 0 Å². The van der Waals surface area contributed by atoms with Crippen molar-refractivity contribution in [1.29, 1.82) is 0 Å². The van der Waals surface area contributed by atoms with Crippen molar-refractivity contribution in [3.63, 3.8) is 0 Å². The fourth-order valence-corrected chi connectivity index (χ4v) is 9.84. The molecule has 6 aromatic rings. The number of hydrogen-bond donors (Lipinski definition) is 2. The first-order valence-electron chi connectivity index (χ1n) is 18.3. The molecule has 1 aromatic heterocycles. The van der Waals surface area contributed by atoms with Gasteiger partial charge in [-0.25, -0.2) is 0 Å². The second kappa shape index (κ2) is 11.6. The van der Waals surface area contributed by atoms with Crippen molar-refractivity contribution in [1.82, 2.24) is 15.2 Å². The monoisotopic (exact) mass is 641 g/mol. The largest absolute Gasteiger partial charge is 0.374 e. The van der Waals surface area contributed by atoms with Gasteiger partial charge >= 0.3 is 0 Å². The normalized spacial score (nSPS) is 24.6. The van der Waals surface area contributed by atoms with Crippen LogP contribution in [0, 0.1) is 12.8 Å². The van der Waals surface area contributed by atoms with Crippen LogP contribution in [0.3, 0.4) is 0 Å². The molecule has 5 aromatic carbocycles. The van der Waals surface area contributed by atoms with Crippen LogP contribution in [0.25, 0.3) is 27.5 Å². The van der Waals surface area contributed by atoms with E-state index < -0.39 is 0 Å². The van der Waals surface area contributed by atoms with Crippen LogP contribution in [0.1, 0.15) is 65.8 Å². The summed E-state index contributed by atoms with van der Waals surface area (Å²) >= 11 is 0. The summed E-state index contributed by atoms with van der Waals surface area (Å²) in [4.78, 5) is 7.41. The van der Waals surface area contributed by atoms with Crippen molar-refractivity contribution < 1.29 is 0 Å². The molecule has 2 N–H and O–H groups in total. The van der Waals surface area contributed by atoms with Crippen LogP contribution in [-0.2, 0) is 0 Å². The van der Waals surface area contributed by atoms with Gasteiger partial charge in [-0.15, -0.1) is 0 Å². The number of anilines is 2. The lowest BCUT2D eigenvalue weighted by atomic mass is 9.77. The average molecular weight is 642 g/mol. The first-order chi connectivity index (χ1) is 24.2. The van der Waals surface area contributed by atoms with Crippen LogP contribution >= 0.6 is 0 Å². The van der Waals surface area contributed by atoms with Gasteiger partial charge in [0.05, 0.1) is 17.1 Å².